The maximum atomic E-state index is 13.8. The number of nitriles is 1. The van der Waals surface area contributed by atoms with Gasteiger partial charge in [-0.3, -0.25) is 9.58 Å². The fourth-order valence-electron chi connectivity index (χ4n) is 5.98. The molecule has 0 radical (unpaired) electrons. The minimum atomic E-state index is -0.939. The quantitative estimate of drug-likeness (QED) is 0.343. The Morgan fingerprint density at radius 1 is 1.07 bits per heavy atom. The molecule has 0 saturated carbocycles. The molecule has 2 bridgehead atoms. The summed E-state index contributed by atoms with van der Waals surface area (Å²) in [6.07, 6.45) is 8.03. The van der Waals surface area contributed by atoms with Crippen molar-refractivity contribution in [2.75, 3.05) is 18.0 Å². The summed E-state index contributed by atoms with van der Waals surface area (Å²) in [5.74, 6) is -1.30. The van der Waals surface area contributed by atoms with Crippen LogP contribution in [-0.2, 0) is 13.6 Å². The van der Waals surface area contributed by atoms with Gasteiger partial charge in [0.15, 0.2) is 11.6 Å². The van der Waals surface area contributed by atoms with Crippen LogP contribution in [0.1, 0.15) is 17.5 Å². The Hall–Kier alpha value is -4.82. The van der Waals surface area contributed by atoms with E-state index in [0.29, 0.717) is 23.8 Å². The molecule has 9 nitrogen and oxygen atoms in total. The number of aromatic amines is 1. The number of piperidine rings is 1. The first-order chi connectivity index (χ1) is 19.4. The fraction of sp³-hybridized carbons (Fsp3) is 0.241. The number of phenolic OH excluding ortho intramolecular Hbond substituents is 1. The maximum Gasteiger partial charge on any atom is 0.168 e. The Labute approximate surface area is 227 Å². The van der Waals surface area contributed by atoms with Crippen LogP contribution >= 0.6 is 0 Å². The highest BCUT2D eigenvalue weighted by molar-refractivity contribution is 5.98. The molecular formula is C29H24F2N8O. The van der Waals surface area contributed by atoms with Crippen LogP contribution in [0.3, 0.4) is 0 Å². The van der Waals surface area contributed by atoms with Crippen LogP contribution in [0.15, 0.2) is 55.1 Å². The van der Waals surface area contributed by atoms with Crippen molar-refractivity contribution in [3.63, 3.8) is 0 Å². The van der Waals surface area contributed by atoms with Crippen LogP contribution in [-0.4, -0.2) is 59.9 Å². The molecule has 3 aliphatic heterocycles. The molecule has 0 aliphatic carbocycles. The first-order valence-electron chi connectivity index (χ1n) is 12.9. The second kappa shape index (κ2) is 9.14. The lowest BCUT2D eigenvalue weighted by atomic mass is 9.86. The van der Waals surface area contributed by atoms with Crippen LogP contribution in [0.5, 0.6) is 5.75 Å². The number of nitrogens with one attached hydrogen (secondary N) is 1. The zero-order valence-corrected chi connectivity index (χ0v) is 21.5. The molecule has 8 rings (SSSR count). The number of rotatable bonds is 5. The highest BCUT2D eigenvalue weighted by atomic mass is 19.1. The normalized spacial score (nSPS) is 18.6. The van der Waals surface area contributed by atoms with Crippen LogP contribution < -0.4 is 4.90 Å². The summed E-state index contributed by atoms with van der Waals surface area (Å²) in [6.45, 7) is 1.73. The minimum absolute atomic E-state index is 0.196. The standard InChI is InChI=1S/C29H24F2N8O/c1-37-12-19(11-35-37)25-7-23-27(18(8-32)10-34-29(23)36-25)16-2-3-26(33-9-16)38-14-21-6-22(15-38)39(21)13-17-4-20(30)5-24(31)28(17)40/h2-5,7,9-12,21-22,40H,6,13-15H2,1H3,(H,34,36). The molecule has 4 aromatic heterocycles. The van der Waals surface area contributed by atoms with Gasteiger partial charge in [-0.1, -0.05) is 0 Å². The van der Waals surface area contributed by atoms with Crippen LogP contribution in [0.4, 0.5) is 14.6 Å². The third-order valence-corrected chi connectivity index (χ3v) is 7.96. The number of fused-ring (bicyclic) bond motifs is 3. The molecule has 40 heavy (non-hydrogen) atoms. The molecule has 1 aromatic carbocycles. The van der Waals surface area contributed by atoms with E-state index in [9.17, 15) is 19.1 Å². The number of hydrogen-bond acceptors (Lipinski definition) is 7. The summed E-state index contributed by atoms with van der Waals surface area (Å²) in [7, 11) is 1.86. The molecule has 3 saturated heterocycles. The van der Waals surface area contributed by atoms with Crippen molar-refractivity contribution in [1.29, 1.82) is 5.26 Å². The summed E-state index contributed by atoms with van der Waals surface area (Å²) in [5, 5.41) is 25.0. The van der Waals surface area contributed by atoms with Gasteiger partial charge >= 0.3 is 0 Å². The number of aryl methyl sites for hydroxylation is 1. The number of aromatic nitrogens is 5. The Morgan fingerprint density at radius 3 is 2.60 bits per heavy atom. The summed E-state index contributed by atoms with van der Waals surface area (Å²) < 4.78 is 29.2. The van der Waals surface area contributed by atoms with Gasteiger partial charge in [-0.05, 0) is 30.7 Å². The lowest BCUT2D eigenvalue weighted by Crippen LogP contribution is -2.68. The van der Waals surface area contributed by atoms with E-state index < -0.39 is 17.4 Å². The SMILES string of the molecule is Cn1cc(-c2cc3c(-c4ccc(N5CC6CC(C5)N6Cc5cc(F)cc(F)c5O)nc4)c(C#N)cnc3[nH]2)cn1. The highest BCUT2D eigenvalue weighted by Crippen LogP contribution is 2.38. The number of nitrogens with zero attached hydrogens (tertiary/aromatic N) is 7. The van der Waals surface area contributed by atoms with Crippen molar-refractivity contribution in [3.05, 3.63) is 77.9 Å². The molecule has 0 amide bonds. The van der Waals surface area contributed by atoms with Gasteiger partial charge in [0.2, 0.25) is 0 Å². The molecular weight excluding hydrogens is 514 g/mol. The second-order valence-electron chi connectivity index (χ2n) is 10.4. The predicted octanol–water partition coefficient (Wildman–Crippen LogP) is 4.34. The molecule has 5 aromatic rings. The Kier molecular flexibility index (Phi) is 5.54. The van der Waals surface area contributed by atoms with E-state index >= 15 is 0 Å². The van der Waals surface area contributed by atoms with Crippen molar-refractivity contribution in [2.24, 2.45) is 7.05 Å². The van der Waals surface area contributed by atoms with E-state index in [4.69, 9.17) is 4.98 Å². The van der Waals surface area contributed by atoms with Crippen molar-refractivity contribution in [2.45, 2.75) is 25.0 Å². The molecule has 3 aliphatic rings. The van der Waals surface area contributed by atoms with E-state index in [1.165, 1.54) is 6.07 Å². The van der Waals surface area contributed by atoms with Crippen molar-refractivity contribution in [3.8, 4) is 34.2 Å². The number of hydrogen-bond donors (Lipinski definition) is 2. The average molecular weight is 539 g/mol. The van der Waals surface area contributed by atoms with Crippen molar-refractivity contribution >= 4 is 16.9 Å². The minimum Gasteiger partial charge on any atom is -0.505 e. The molecule has 3 fully saturated rings. The van der Waals surface area contributed by atoms with E-state index in [1.807, 2.05) is 31.4 Å². The first-order valence-corrected chi connectivity index (χ1v) is 12.9. The largest absolute Gasteiger partial charge is 0.505 e. The second-order valence-corrected chi connectivity index (χ2v) is 10.4. The lowest BCUT2D eigenvalue weighted by molar-refractivity contribution is -0.00932. The molecule has 11 heteroatoms. The average Bonchev–Trinajstić information content (AvgIpc) is 3.59. The summed E-state index contributed by atoms with van der Waals surface area (Å²) in [5.41, 5.74) is 4.78. The van der Waals surface area contributed by atoms with Crippen molar-refractivity contribution in [1.82, 2.24) is 29.6 Å². The van der Waals surface area contributed by atoms with Gasteiger partial charge in [-0.2, -0.15) is 10.4 Å². The number of aromatic hydroxyl groups is 1. The van der Waals surface area contributed by atoms with Gasteiger partial charge in [0.25, 0.3) is 0 Å². The third-order valence-electron chi connectivity index (χ3n) is 7.96. The smallest absolute Gasteiger partial charge is 0.168 e. The maximum absolute atomic E-state index is 13.8. The summed E-state index contributed by atoms with van der Waals surface area (Å²) >= 11 is 0. The zero-order chi connectivity index (χ0) is 27.5. The highest BCUT2D eigenvalue weighted by Gasteiger charge is 2.45. The summed E-state index contributed by atoms with van der Waals surface area (Å²) in [4.78, 5) is 16.9. The number of phenols is 1. The van der Waals surface area contributed by atoms with Crippen LogP contribution in [0.2, 0.25) is 0 Å². The molecule has 0 spiro atoms. The molecule has 200 valence electrons. The number of benzene rings is 1. The monoisotopic (exact) mass is 538 g/mol. The zero-order valence-electron chi connectivity index (χ0n) is 21.5. The van der Waals surface area contributed by atoms with E-state index in [0.717, 1.165) is 53.1 Å². The van der Waals surface area contributed by atoms with Gasteiger partial charge < -0.3 is 15.0 Å². The lowest BCUT2D eigenvalue weighted by Gasteiger charge is -2.56. The Bertz CT molecular complexity index is 1790. The number of anilines is 1. The first kappa shape index (κ1) is 24.2. The number of H-pyrrole nitrogens is 1. The van der Waals surface area contributed by atoms with E-state index in [1.54, 1.807) is 23.3 Å². The Balaban J connectivity index is 1.12. The van der Waals surface area contributed by atoms with Crippen LogP contribution in [0, 0.1) is 23.0 Å². The number of pyridine rings is 2. The van der Waals surface area contributed by atoms with Gasteiger partial charge in [0.05, 0.1) is 17.5 Å². The molecule has 7 heterocycles. The topological polar surface area (TPSA) is 110 Å². The van der Waals surface area contributed by atoms with Gasteiger partial charge in [-0.15, -0.1) is 0 Å². The van der Waals surface area contributed by atoms with Crippen LogP contribution in [0.25, 0.3) is 33.4 Å². The molecule has 2 N–H and O–H groups in total. The number of halogens is 2. The van der Waals surface area contributed by atoms with Gasteiger partial charge in [0, 0.05) is 91.1 Å². The van der Waals surface area contributed by atoms with Gasteiger partial charge in [-0.25, -0.2) is 18.7 Å². The molecule has 2 atom stereocenters. The van der Waals surface area contributed by atoms with Crippen molar-refractivity contribution < 1.29 is 13.9 Å². The van der Waals surface area contributed by atoms with E-state index in [2.05, 4.69) is 30.9 Å². The summed E-state index contributed by atoms with van der Waals surface area (Å²) in [6, 6.07) is 10.5. The fourth-order valence-corrected chi connectivity index (χ4v) is 5.98. The van der Waals surface area contributed by atoms with E-state index in [-0.39, 0.29) is 17.6 Å². The third kappa shape index (κ3) is 3.96. The van der Waals surface area contributed by atoms with Gasteiger partial charge in [0.1, 0.15) is 23.4 Å². The Morgan fingerprint density at radius 2 is 1.90 bits per heavy atom. The number of piperazine rings is 1. The predicted molar refractivity (Wildman–Crippen MR) is 144 cm³/mol. The molecule has 2 unspecified atom stereocenters.